The van der Waals surface area contributed by atoms with E-state index in [1.807, 2.05) is 13.1 Å². The predicted molar refractivity (Wildman–Crippen MR) is 77.6 cm³/mol. The third-order valence-electron chi connectivity index (χ3n) is 3.78. The molecule has 0 bridgehead atoms. The van der Waals surface area contributed by atoms with Gasteiger partial charge in [-0.2, -0.15) is 0 Å². The van der Waals surface area contributed by atoms with Gasteiger partial charge < -0.3 is 25.3 Å². The molecule has 0 amide bonds. The van der Waals surface area contributed by atoms with E-state index >= 15 is 0 Å². The highest BCUT2D eigenvalue weighted by atomic mass is 16.6. The second kappa shape index (κ2) is 6.39. The number of nitrogens with two attached hydrogens (primary N) is 1. The first-order chi connectivity index (χ1) is 9.62. The molecule has 6 heteroatoms. The smallest absolute Gasteiger partial charge is 0.133 e. The molecule has 1 aliphatic heterocycles. The Bertz CT molecular complexity index is 455. The molecule has 0 spiro atoms. The average molecular weight is 281 g/mol. The number of nitrogens with zero attached hydrogens (tertiary/aromatic N) is 1. The van der Waals surface area contributed by atoms with Crippen LogP contribution in [0.4, 0.5) is 11.6 Å². The highest BCUT2D eigenvalue weighted by Gasteiger charge is 2.43. The van der Waals surface area contributed by atoms with E-state index < -0.39 is 0 Å². The van der Waals surface area contributed by atoms with Gasteiger partial charge in [0, 0.05) is 32.7 Å². The van der Waals surface area contributed by atoms with Gasteiger partial charge in [0.05, 0.1) is 18.8 Å². The molecule has 0 aliphatic carbocycles. The zero-order valence-corrected chi connectivity index (χ0v) is 12.4. The molecular weight excluding hydrogens is 258 g/mol. The average Bonchev–Trinajstić information content (AvgIpc) is 2.75. The van der Waals surface area contributed by atoms with Crippen molar-refractivity contribution in [2.24, 2.45) is 5.92 Å². The molecule has 2 rings (SSSR count). The zero-order chi connectivity index (χ0) is 14.7. The molecule has 3 N–H and O–H groups in total. The highest BCUT2D eigenvalue weighted by Crippen LogP contribution is 2.41. The lowest BCUT2D eigenvalue weighted by Gasteiger charge is -2.20. The monoisotopic (exact) mass is 281 g/mol. The summed E-state index contributed by atoms with van der Waals surface area (Å²) >= 11 is 0. The summed E-state index contributed by atoms with van der Waals surface area (Å²) in [6.45, 7) is 2.63. The van der Waals surface area contributed by atoms with Crippen LogP contribution in [0.15, 0.2) is 12.1 Å². The number of ether oxygens (including phenoxy) is 3. The summed E-state index contributed by atoms with van der Waals surface area (Å²) in [4.78, 5) is 4.31. The maximum atomic E-state index is 6.12. The summed E-state index contributed by atoms with van der Waals surface area (Å²) in [7, 11) is 5.19. The van der Waals surface area contributed by atoms with Crippen LogP contribution in [0.3, 0.4) is 0 Å². The van der Waals surface area contributed by atoms with Crippen molar-refractivity contribution in [3.63, 3.8) is 0 Å². The topological polar surface area (TPSA) is 78.6 Å². The zero-order valence-electron chi connectivity index (χ0n) is 12.4. The fourth-order valence-corrected chi connectivity index (χ4v) is 2.84. The van der Waals surface area contributed by atoms with Crippen LogP contribution in [0.2, 0.25) is 0 Å². The number of pyridine rings is 1. The van der Waals surface area contributed by atoms with Gasteiger partial charge in [0.25, 0.3) is 0 Å². The van der Waals surface area contributed by atoms with E-state index in [-0.39, 0.29) is 24.2 Å². The van der Waals surface area contributed by atoms with E-state index in [0.29, 0.717) is 12.4 Å². The molecule has 0 saturated carbocycles. The van der Waals surface area contributed by atoms with Crippen LogP contribution in [0.1, 0.15) is 18.6 Å². The summed E-state index contributed by atoms with van der Waals surface area (Å²) in [5.41, 5.74) is 6.72. The quantitative estimate of drug-likeness (QED) is 0.850. The van der Waals surface area contributed by atoms with Crippen molar-refractivity contribution in [2.45, 2.75) is 25.2 Å². The van der Waals surface area contributed by atoms with Crippen molar-refractivity contribution >= 4 is 11.6 Å². The van der Waals surface area contributed by atoms with Crippen molar-refractivity contribution in [1.29, 1.82) is 0 Å². The summed E-state index contributed by atoms with van der Waals surface area (Å²) < 4.78 is 16.9. The number of nitrogens with one attached hydrogen (secondary N) is 1. The van der Waals surface area contributed by atoms with Crippen LogP contribution in [0.25, 0.3) is 0 Å². The number of anilines is 2. The maximum Gasteiger partial charge on any atom is 0.133 e. The lowest BCUT2D eigenvalue weighted by Crippen LogP contribution is -2.31. The van der Waals surface area contributed by atoms with Crippen LogP contribution in [0, 0.1) is 5.92 Å². The molecule has 112 valence electrons. The van der Waals surface area contributed by atoms with Gasteiger partial charge in [-0.1, -0.05) is 6.92 Å². The molecule has 1 aromatic rings. The molecule has 6 nitrogen and oxygen atoms in total. The Morgan fingerprint density at radius 1 is 1.40 bits per heavy atom. The van der Waals surface area contributed by atoms with Gasteiger partial charge in [0.1, 0.15) is 17.7 Å². The van der Waals surface area contributed by atoms with Crippen LogP contribution in [-0.4, -0.2) is 45.1 Å². The third kappa shape index (κ3) is 2.72. The van der Waals surface area contributed by atoms with E-state index in [2.05, 4.69) is 17.2 Å². The number of hydrogen-bond acceptors (Lipinski definition) is 6. The van der Waals surface area contributed by atoms with E-state index in [1.54, 1.807) is 20.3 Å². The molecule has 1 aromatic heterocycles. The predicted octanol–water partition coefficient (Wildman–Crippen LogP) is 1.44. The van der Waals surface area contributed by atoms with Crippen molar-refractivity contribution in [3.8, 4) is 0 Å². The first-order valence-corrected chi connectivity index (χ1v) is 6.73. The lowest BCUT2D eigenvalue weighted by molar-refractivity contribution is -0.0446. The van der Waals surface area contributed by atoms with E-state index in [0.717, 1.165) is 11.4 Å². The van der Waals surface area contributed by atoms with Gasteiger partial charge in [-0.3, -0.25) is 0 Å². The number of aromatic nitrogens is 1. The lowest BCUT2D eigenvalue weighted by atomic mass is 9.93. The van der Waals surface area contributed by atoms with E-state index in [4.69, 9.17) is 19.9 Å². The van der Waals surface area contributed by atoms with Crippen LogP contribution >= 0.6 is 0 Å². The molecule has 0 radical (unpaired) electrons. The third-order valence-corrected chi connectivity index (χ3v) is 3.78. The Kier molecular flexibility index (Phi) is 4.80. The molecule has 0 aromatic carbocycles. The second-order valence-corrected chi connectivity index (χ2v) is 5.03. The molecular formula is C14H23N3O3. The Hall–Kier alpha value is -1.37. The minimum atomic E-state index is -0.0874. The highest BCUT2D eigenvalue weighted by molar-refractivity contribution is 5.50. The first kappa shape index (κ1) is 15.0. The Labute approximate surface area is 119 Å². The van der Waals surface area contributed by atoms with E-state index in [1.165, 1.54) is 0 Å². The summed E-state index contributed by atoms with van der Waals surface area (Å²) in [5, 5.41) is 3.07. The number of rotatable bonds is 5. The Morgan fingerprint density at radius 3 is 2.75 bits per heavy atom. The summed E-state index contributed by atoms with van der Waals surface area (Å²) in [6, 6.07) is 3.74. The van der Waals surface area contributed by atoms with Crippen molar-refractivity contribution < 1.29 is 14.2 Å². The van der Waals surface area contributed by atoms with Gasteiger partial charge in [0.15, 0.2) is 0 Å². The maximum absolute atomic E-state index is 6.12. The van der Waals surface area contributed by atoms with Gasteiger partial charge in [-0.15, -0.1) is 0 Å². The van der Waals surface area contributed by atoms with Gasteiger partial charge in [-0.05, 0) is 12.1 Å². The fourth-order valence-electron chi connectivity index (χ4n) is 2.84. The largest absolute Gasteiger partial charge is 0.384 e. The Morgan fingerprint density at radius 2 is 2.15 bits per heavy atom. The van der Waals surface area contributed by atoms with Gasteiger partial charge >= 0.3 is 0 Å². The number of nitrogen functional groups attached to an aromatic ring is 1. The minimum absolute atomic E-state index is 0.00205. The van der Waals surface area contributed by atoms with Crippen molar-refractivity contribution in [2.75, 3.05) is 38.9 Å². The van der Waals surface area contributed by atoms with Gasteiger partial charge in [0.2, 0.25) is 0 Å². The summed E-state index contributed by atoms with van der Waals surface area (Å²) in [6.07, 6.45) is -0.162. The van der Waals surface area contributed by atoms with E-state index in [9.17, 15) is 0 Å². The van der Waals surface area contributed by atoms with Gasteiger partial charge in [-0.25, -0.2) is 4.98 Å². The van der Waals surface area contributed by atoms with Crippen LogP contribution < -0.4 is 11.1 Å². The molecule has 20 heavy (non-hydrogen) atoms. The van der Waals surface area contributed by atoms with Crippen LogP contribution in [-0.2, 0) is 14.2 Å². The molecule has 2 heterocycles. The molecule has 1 unspecified atom stereocenters. The summed E-state index contributed by atoms with van der Waals surface area (Å²) in [5.74, 6) is 1.44. The fraction of sp³-hybridized carbons (Fsp3) is 0.643. The standard InChI is InChI=1S/C14H23N3O3/c1-8-12(20-10(7-18-3)13(8)19-4)9-5-6-11(15)17-14(9)16-2/h5-6,8,10,12-13H,7H2,1-4H3,(H3,15,16,17)/t8?,10-,12-,13-/m1/s1. The second-order valence-electron chi connectivity index (χ2n) is 5.03. The van der Waals surface area contributed by atoms with Crippen molar-refractivity contribution in [3.05, 3.63) is 17.7 Å². The first-order valence-electron chi connectivity index (χ1n) is 6.73. The molecule has 1 saturated heterocycles. The molecule has 1 aliphatic rings. The normalized spacial score (nSPS) is 29.6. The molecule has 1 fully saturated rings. The Balaban J connectivity index is 2.29. The SMILES string of the molecule is CNc1nc(N)ccc1[C@@H]1O[C@H](COC)[C@H](OC)C1C. The van der Waals surface area contributed by atoms with Crippen molar-refractivity contribution in [1.82, 2.24) is 4.98 Å². The minimum Gasteiger partial charge on any atom is -0.384 e. The molecule has 4 atom stereocenters. The number of hydrogen-bond donors (Lipinski definition) is 2. The number of methoxy groups -OCH3 is 2. The van der Waals surface area contributed by atoms with Crippen LogP contribution in [0.5, 0.6) is 0 Å².